The molecule has 3 heteroatoms. The Morgan fingerprint density at radius 1 is 0.810 bits per heavy atom. The quantitative estimate of drug-likeness (QED) is 0.641. The summed E-state index contributed by atoms with van der Waals surface area (Å²) in [5, 5.41) is 10.4. The van der Waals surface area contributed by atoms with Crippen molar-refractivity contribution in [3.05, 3.63) is 83.4 Å². The second-order valence-corrected chi connectivity index (χ2v) is 5.12. The molecule has 4 rings (SSSR count). The summed E-state index contributed by atoms with van der Waals surface area (Å²) in [6, 6.07) is 21.8. The first-order chi connectivity index (χ1) is 10.3. The van der Waals surface area contributed by atoms with E-state index in [4.69, 9.17) is 0 Å². The Labute approximate surface area is 122 Å². The summed E-state index contributed by atoms with van der Waals surface area (Å²) in [7, 11) is 0. The highest BCUT2D eigenvalue weighted by Crippen LogP contribution is 2.34. The molecule has 0 spiro atoms. The molecule has 3 nitrogen and oxygen atoms in total. The van der Waals surface area contributed by atoms with Gasteiger partial charge in [0.1, 0.15) is 6.04 Å². The monoisotopic (exact) mass is 272 g/mol. The van der Waals surface area contributed by atoms with Crippen LogP contribution in [0, 0.1) is 0 Å². The molecule has 0 saturated carbocycles. The van der Waals surface area contributed by atoms with Gasteiger partial charge in [-0.15, -0.1) is 5.11 Å². The maximum absolute atomic E-state index is 11.8. The molecule has 1 heterocycles. The molecule has 1 aliphatic heterocycles. The second-order valence-electron chi connectivity index (χ2n) is 5.12. The summed E-state index contributed by atoms with van der Waals surface area (Å²) in [4.78, 5) is 11.8. The fraction of sp³-hybridized carbons (Fsp3) is 0.0556. The highest BCUT2D eigenvalue weighted by Gasteiger charge is 2.24. The Morgan fingerprint density at radius 3 is 2.48 bits per heavy atom. The Kier molecular flexibility index (Phi) is 2.64. The van der Waals surface area contributed by atoms with Crippen molar-refractivity contribution in [2.24, 2.45) is 10.2 Å². The zero-order valence-electron chi connectivity index (χ0n) is 11.2. The van der Waals surface area contributed by atoms with Crippen LogP contribution in [0.15, 0.2) is 77.0 Å². The summed E-state index contributed by atoms with van der Waals surface area (Å²) in [6.07, 6.45) is 0. The number of hydrogen-bond donors (Lipinski definition) is 0. The number of nitrogens with zero attached hydrogens (tertiary/aromatic N) is 2. The maximum Gasteiger partial charge on any atom is 0.295 e. The van der Waals surface area contributed by atoms with Crippen LogP contribution < -0.4 is 0 Å². The van der Waals surface area contributed by atoms with E-state index in [2.05, 4.69) is 40.6 Å². The van der Waals surface area contributed by atoms with Gasteiger partial charge in [0, 0.05) is 5.56 Å². The van der Waals surface area contributed by atoms with Crippen LogP contribution in [-0.2, 0) is 0 Å². The first-order valence-electron chi connectivity index (χ1n) is 6.86. The fourth-order valence-corrected chi connectivity index (χ4v) is 2.78. The van der Waals surface area contributed by atoms with Gasteiger partial charge >= 0.3 is 0 Å². The highest BCUT2D eigenvalue weighted by molar-refractivity contribution is 5.97. The van der Waals surface area contributed by atoms with Crippen LogP contribution in [0.25, 0.3) is 10.8 Å². The summed E-state index contributed by atoms with van der Waals surface area (Å²) in [6.45, 7) is 0. The van der Waals surface area contributed by atoms with Crippen molar-refractivity contribution in [3.8, 4) is 0 Å². The van der Waals surface area contributed by atoms with Crippen LogP contribution in [0.3, 0.4) is 0 Å². The van der Waals surface area contributed by atoms with Crippen molar-refractivity contribution >= 4 is 16.7 Å². The Morgan fingerprint density at radius 2 is 1.57 bits per heavy atom. The van der Waals surface area contributed by atoms with Crippen molar-refractivity contribution in [1.82, 2.24) is 0 Å². The average molecular weight is 272 g/mol. The number of amides is 1. The number of carbonyl (C=O) groups is 1. The number of azo groups is 1. The van der Waals surface area contributed by atoms with Crippen molar-refractivity contribution in [1.29, 1.82) is 0 Å². The smallest absolute Gasteiger partial charge is 0.265 e. The zero-order chi connectivity index (χ0) is 14.2. The molecular formula is C18H12N2O. The van der Waals surface area contributed by atoms with E-state index in [1.165, 1.54) is 10.8 Å². The van der Waals surface area contributed by atoms with E-state index in [0.29, 0.717) is 5.56 Å². The van der Waals surface area contributed by atoms with Crippen LogP contribution >= 0.6 is 0 Å². The first-order valence-corrected chi connectivity index (χ1v) is 6.86. The standard InChI is InChI=1S/C18H12N2O/c21-18-16-8-4-3-7-15(16)17(19-20-18)14-10-9-12-5-1-2-6-13(12)11-14/h1-11,17H. The molecule has 1 unspecified atom stereocenters. The van der Waals surface area contributed by atoms with E-state index >= 15 is 0 Å². The molecule has 1 amide bonds. The summed E-state index contributed by atoms with van der Waals surface area (Å²) < 4.78 is 0. The van der Waals surface area contributed by atoms with Crippen molar-refractivity contribution in [2.45, 2.75) is 6.04 Å². The van der Waals surface area contributed by atoms with Gasteiger partial charge in [-0.3, -0.25) is 4.79 Å². The van der Waals surface area contributed by atoms with Crippen LogP contribution in [0.5, 0.6) is 0 Å². The van der Waals surface area contributed by atoms with Gasteiger partial charge in [0.2, 0.25) is 0 Å². The van der Waals surface area contributed by atoms with E-state index in [9.17, 15) is 4.79 Å². The minimum Gasteiger partial charge on any atom is -0.265 e. The topological polar surface area (TPSA) is 41.8 Å². The SMILES string of the molecule is O=C1N=NC(c2ccc3ccccc3c2)c2ccccc21. The third-order valence-electron chi connectivity index (χ3n) is 3.84. The van der Waals surface area contributed by atoms with Gasteiger partial charge in [-0.2, -0.15) is 5.11 Å². The molecule has 3 aromatic rings. The average Bonchev–Trinajstić information content (AvgIpc) is 2.55. The third kappa shape index (κ3) is 1.94. The molecule has 100 valence electrons. The molecule has 0 aromatic heterocycles. The van der Waals surface area contributed by atoms with Crippen molar-refractivity contribution < 1.29 is 4.79 Å². The van der Waals surface area contributed by atoms with E-state index in [0.717, 1.165) is 11.1 Å². The number of fused-ring (bicyclic) bond motifs is 2. The number of benzene rings is 3. The molecule has 3 aromatic carbocycles. The first kappa shape index (κ1) is 12.0. The second kappa shape index (κ2) is 4.63. The Bertz CT molecular complexity index is 883. The molecule has 0 N–H and O–H groups in total. The van der Waals surface area contributed by atoms with Crippen LogP contribution in [0.4, 0.5) is 0 Å². The lowest BCUT2D eigenvalue weighted by Gasteiger charge is -2.18. The Balaban J connectivity index is 1.88. The van der Waals surface area contributed by atoms with Crippen molar-refractivity contribution in [3.63, 3.8) is 0 Å². The lowest BCUT2D eigenvalue weighted by Crippen LogP contribution is -2.10. The zero-order valence-corrected chi connectivity index (χ0v) is 11.2. The van der Waals surface area contributed by atoms with Crippen LogP contribution in [0.2, 0.25) is 0 Å². The maximum atomic E-state index is 11.8. The largest absolute Gasteiger partial charge is 0.295 e. The van der Waals surface area contributed by atoms with Crippen molar-refractivity contribution in [2.75, 3.05) is 0 Å². The van der Waals surface area contributed by atoms with E-state index in [1.807, 2.05) is 36.4 Å². The molecule has 0 saturated heterocycles. The lowest BCUT2D eigenvalue weighted by atomic mass is 9.92. The van der Waals surface area contributed by atoms with E-state index < -0.39 is 0 Å². The molecule has 1 aliphatic rings. The van der Waals surface area contributed by atoms with Gasteiger partial charge < -0.3 is 0 Å². The summed E-state index contributed by atoms with van der Waals surface area (Å²) in [5.74, 6) is -0.261. The molecule has 21 heavy (non-hydrogen) atoms. The molecule has 1 atom stereocenters. The number of hydrogen-bond acceptors (Lipinski definition) is 2. The van der Waals surface area contributed by atoms with Gasteiger partial charge in [-0.05, 0) is 34.0 Å². The molecule has 0 aliphatic carbocycles. The molecular weight excluding hydrogens is 260 g/mol. The molecule has 0 bridgehead atoms. The predicted molar refractivity (Wildman–Crippen MR) is 81.4 cm³/mol. The Hall–Kier alpha value is -2.81. The predicted octanol–water partition coefficient (Wildman–Crippen LogP) is 4.54. The molecule has 0 fully saturated rings. The fourth-order valence-electron chi connectivity index (χ4n) is 2.78. The summed E-state index contributed by atoms with van der Waals surface area (Å²) in [5.41, 5.74) is 2.62. The number of carbonyl (C=O) groups excluding carboxylic acids is 1. The van der Waals surface area contributed by atoms with Gasteiger partial charge in [0.05, 0.1) is 0 Å². The van der Waals surface area contributed by atoms with Crippen LogP contribution in [0.1, 0.15) is 27.5 Å². The number of rotatable bonds is 1. The third-order valence-corrected chi connectivity index (χ3v) is 3.84. The van der Waals surface area contributed by atoms with Gasteiger partial charge in [0.25, 0.3) is 5.91 Å². The van der Waals surface area contributed by atoms with Gasteiger partial charge in [0.15, 0.2) is 0 Å². The minimum absolute atomic E-state index is 0.205. The summed E-state index contributed by atoms with van der Waals surface area (Å²) >= 11 is 0. The van der Waals surface area contributed by atoms with E-state index in [-0.39, 0.29) is 11.9 Å². The lowest BCUT2D eigenvalue weighted by molar-refractivity contribution is 0.0986. The van der Waals surface area contributed by atoms with Gasteiger partial charge in [-0.1, -0.05) is 54.6 Å². The normalized spacial score (nSPS) is 17.0. The van der Waals surface area contributed by atoms with Crippen LogP contribution in [-0.4, -0.2) is 5.91 Å². The minimum atomic E-state index is -0.261. The molecule has 0 radical (unpaired) electrons. The van der Waals surface area contributed by atoms with E-state index in [1.54, 1.807) is 0 Å². The highest BCUT2D eigenvalue weighted by atomic mass is 16.1. The van der Waals surface area contributed by atoms with Gasteiger partial charge in [-0.25, -0.2) is 0 Å².